The van der Waals surface area contributed by atoms with E-state index in [0.29, 0.717) is 0 Å². The minimum absolute atomic E-state index is 0.172. The lowest BCUT2D eigenvalue weighted by molar-refractivity contribution is 0.00578. The predicted molar refractivity (Wildman–Crippen MR) is 408 cm³/mol. The van der Waals surface area contributed by atoms with Crippen LogP contribution in [0.3, 0.4) is 0 Å². The molecule has 0 radical (unpaired) electrons. The van der Waals surface area contributed by atoms with Crippen molar-refractivity contribution in [2.24, 2.45) is 0 Å². The van der Waals surface area contributed by atoms with Crippen molar-refractivity contribution in [3.63, 3.8) is 0 Å². The first kappa shape index (κ1) is 75.6. The van der Waals surface area contributed by atoms with Crippen molar-refractivity contribution >= 4 is 57.0 Å². The van der Waals surface area contributed by atoms with E-state index in [9.17, 15) is 0 Å². The van der Waals surface area contributed by atoms with Crippen LogP contribution in [-0.4, -0.2) is 36.6 Å². The lowest BCUT2D eigenvalue weighted by Crippen LogP contribution is -2.41. The molecule has 2 saturated heterocycles. The smallest absolute Gasteiger partial charge is 0.399 e. The van der Waals surface area contributed by atoms with Gasteiger partial charge in [-0.2, -0.15) is 0 Å². The Morgan fingerprint density at radius 1 is 0.304 bits per heavy atom. The first-order chi connectivity index (χ1) is 43.6. The van der Waals surface area contributed by atoms with Gasteiger partial charge in [-0.05, 0) is 273 Å². The van der Waals surface area contributed by atoms with Crippen LogP contribution in [0.25, 0.3) is 22.3 Å². The van der Waals surface area contributed by atoms with Crippen molar-refractivity contribution in [3.05, 3.63) is 172 Å². The number of halogens is 2. The van der Waals surface area contributed by atoms with E-state index >= 15 is 0 Å². The molecular formula is C84H120B2Br2O4. The largest absolute Gasteiger partial charge is 0.495 e. The fourth-order valence-electron chi connectivity index (χ4n) is 14.4. The Bertz CT molecular complexity index is 3220. The number of fused-ring (bicyclic) bond motifs is 6. The molecule has 500 valence electrons. The highest BCUT2D eigenvalue weighted by atomic mass is 79.9. The third kappa shape index (κ3) is 15.9. The quantitative estimate of drug-likeness (QED) is 0.0447. The highest BCUT2D eigenvalue weighted by Gasteiger charge is 2.55. The van der Waals surface area contributed by atoms with Gasteiger partial charge in [0.25, 0.3) is 0 Å². The van der Waals surface area contributed by atoms with Gasteiger partial charge in [-0.15, -0.1) is 0 Å². The lowest BCUT2D eigenvalue weighted by atomic mass is 9.67. The number of hydrogen-bond donors (Lipinski definition) is 0. The van der Waals surface area contributed by atoms with Gasteiger partial charge in [0.2, 0.25) is 0 Å². The van der Waals surface area contributed by atoms with Gasteiger partial charge in [0, 0.05) is 19.8 Å². The fourth-order valence-corrected chi connectivity index (χ4v) is 15.1. The average molecular weight is 1380 g/mol. The molecule has 0 aromatic heterocycles. The molecule has 0 atom stereocenters. The van der Waals surface area contributed by atoms with Gasteiger partial charge >= 0.3 is 14.2 Å². The van der Waals surface area contributed by atoms with Crippen LogP contribution in [-0.2, 0) is 55.1 Å². The fraction of sp³-hybridized carbons (Fsp3) is 0.571. The summed E-state index contributed by atoms with van der Waals surface area (Å²) in [6, 6.07) is 34.3. The van der Waals surface area contributed by atoms with Crippen molar-refractivity contribution in [1.82, 2.24) is 0 Å². The second-order valence-electron chi connectivity index (χ2n) is 29.5. The Labute approximate surface area is 579 Å². The molecule has 0 bridgehead atoms. The molecule has 0 spiro atoms. The topological polar surface area (TPSA) is 36.9 Å². The average Bonchev–Trinajstić information content (AvgIpc) is 1.55. The van der Waals surface area contributed by atoms with Crippen molar-refractivity contribution in [2.45, 2.75) is 314 Å². The van der Waals surface area contributed by atoms with E-state index < -0.39 is 42.1 Å². The molecule has 2 heterocycles. The van der Waals surface area contributed by atoms with Crippen LogP contribution in [0.5, 0.6) is 0 Å². The maximum atomic E-state index is 6.70. The van der Waals surface area contributed by atoms with Crippen molar-refractivity contribution in [3.8, 4) is 22.3 Å². The molecular weight excluding hydrogens is 1250 g/mol. The molecule has 4 nitrogen and oxygen atoms in total. The van der Waals surface area contributed by atoms with Crippen LogP contribution in [0.2, 0.25) is 0 Å². The third-order valence-corrected chi connectivity index (χ3v) is 23.4. The van der Waals surface area contributed by atoms with Crippen molar-refractivity contribution in [1.29, 1.82) is 0 Å². The maximum Gasteiger partial charge on any atom is 0.495 e. The maximum absolute atomic E-state index is 6.70. The molecule has 2 aliphatic heterocycles. The van der Waals surface area contributed by atoms with Crippen LogP contribution in [0.15, 0.2) is 93.9 Å². The summed E-state index contributed by atoms with van der Waals surface area (Å²) >= 11 is 7.73. The van der Waals surface area contributed by atoms with Gasteiger partial charge in [-0.25, -0.2) is 0 Å². The highest BCUT2D eigenvalue weighted by Crippen LogP contribution is 2.56. The summed E-state index contributed by atoms with van der Waals surface area (Å²) in [7, 11) is -0.853. The number of unbranched alkanes of at least 4 members (excludes halogenated alkanes) is 12. The van der Waals surface area contributed by atoms with E-state index in [1.54, 1.807) is 0 Å². The SMILES string of the molecule is CC.CC.CCCCCCc1cc(CCCCCC)cc(C2(C)c3cc(B4OC(C)(C)C(C)(C)O4)c(C)cc3-c3cc(C)c(B4OC(C)(C)C(C)(C)O4)cc32)c1.CCCCCCc1cc(CCCCCC)cc(C2(C)c3cc(Br)c(C)cc3-c3cc(C)c(Br)cc32)c1. The molecule has 2 aliphatic carbocycles. The number of benzene rings is 6. The Hall–Kier alpha value is -3.75. The third-order valence-electron chi connectivity index (χ3n) is 21.7. The minimum Gasteiger partial charge on any atom is -0.399 e. The van der Waals surface area contributed by atoms with Gasteiger partial charge in [0.15, 0.2) is 0 Å². The monoisotopic (exact) mass is 1370 g/mol. The van der Waals surface area contributed by atoms with Crippen molar-refractivity contribution < 1.29 is 18.6 Å². The Kier molecular flexibility index (Phi) is 26.4. The van der Waals surface area contributed by atoms with Gasteiger partial charge in [-0.1, -0.05) is 236 Å². The van der Waals surface area contributed by atoms with Crippen LogP contribution < -0.4 is 10.9 Å². The number of aryl methyl sites for hydroxylation is 8. The molecule has 0 amide bonds. The van der Waals surface area contributed by atoms with Gasteiger partial charge in [0.05, 0.1) is 22.4 Å². The van der Waals surface area contributed by atoms with E-state index in [2.05, 4.69) is 241 Å². The summed E-state index contributed by atoms with van der Waals surface area (Å²) in [5.41, 5.74) is 24.7. The standard InChI is InChI=1S/C46H66B2O4.C34H42Br2.2C2H6/c1-14-16-18-20-22-33-26-34(23-21-19-17-15-2)28-35(27-33)46(13)38-29-40(47-49-42(5,6)43(7,8)50-47)31(3)24-36(38)37-25-32(4)41(30-39(37)46)48-51-44(9,10)45(11,12)52-48;1-6-8-10-12-14-25-18-26(15-13-11-9-7-2)20-27(19-25)34(5)30-21-32(35)23(3)16-28(30)29-17-24(4)33(36)22-31(29)34;2*1-2/h24-30H,14-23H2,1-13H3;16-22H,6-15H2,1-5H3;2*1-2H3. The zero-order valence-electron chi connectivity index (χ0n) is 61.8. The van der Waals surface area contributed by atoms with E-state index in [-0.39, 0.29) is 5.41 Å². The zero-order valence-corrected chi connectivity index (χ0v) is 64.9. The van der Waals surface area contributed by atoms with Crippen LogP contribution in [0.4, 0.5) is 0 Å². The molecule has 92 heavy (non-hydrogen) atoms. The molecule has 6 aromatic rings. The first-order valence-corrected chi connectivity index (χ1v) is 38.1. The van der Waals surface area contributed by atoms with E-state index in [1.807, 2.05) is 27.7 Å². The normalized spacial score (nSPS) is 17.0. The molecule has 8 heteroatoms. The zero-order chi connectivity index (χ0) is 67.7. The van der Waals surface area contributed by atoms with Crippen LogP contribution in [0.1, 0.15) is 305 Å². The van der Waals surface area contributed by atoms with E-state index in [1.165, 1.54) is 225 Å². The second-order valence-corrected chi connectivity index (χ2v) is 31.3. The number of rotatable bonds is 24. The van der Waals surface area contributed by atoms with Gasteiger partial charge < -0.3 is 18.6 Å². The van der Waals surface area contributed by atoms with E-state index in [4.69, 9.17) is 18.6 Å². The molecule has 2 fully saturated rings. The van der Waals surface area contributed by atoms with Crippen LogP contribution in [0, 0.1) is 27.7 Å². The van der Waals surface area contributed by atoms with Gasteiger partial charge in [-0.3, -0.25) is 0 Å². The highest BCUT2D eigenvalue weighted by molar-refractivity contribution is 9.10. The van der Waals surface area contributed by atoms with Crippen LogP contribution >= 0.6 is 31.9 Å². The summed E-state index contributed by atoms with van der Waals surface area (Å²) < 4.78 is 29.2. The lowest BCUT2D eigenvalue weighted by Gasteiger charge is -2.32. The van der Waals surface area contributed by atoms with Crippen molar-refractivity contribution in [2.75, 3.05) is 0 Å². The molecule has 6 aromatic carbocycles. The second kappa shape index (κ2) is 32.1. The first-order valence-electron chi connectivity index (χ1n) is 36.5. The van der Waals surface area contributed by atoms with E-state index in [0.717, 1.165) is 23.8 Å². The molecule has 4 aliphatic rings. The Morgan fingerprint density at radius 2 is 0.543 bits per heavy atom. The predicted octanol–water partition coefficient (Wildman–Crippen LogP) is 23.9. The summed E-state index contributed by atoms with van der Waals surface area (Å²) in [4.78, 5) is 0. The summed E-state index contributed by atoms with van der Waals surface area (Å²) in [5.74, 6) is 0. The molecule has 0 unspecified atom stereocenters. The van der Waals surface area contributed by atoms with Gasteiger partial charge in [0.1, 0.15) is 0 Å². The summed E-state index contributed by atoms with van der Waals surface area (Å²) in [6.07, 6.45) is 25.2. The Balaban J connectivity index is 0.000000263. The molecule has 0 saturated carbocycles. The Morgan fingerprint density at radius 3 is 0.793 bits per heavy atom. The minimum atomic E-state index is -0.427. The molecule has 0 N–H and O–H groups in total. The number of hydrogen-bond acceptors (Lipinski definition) is 4. The molecule has 10 rings (SSSR count). The summed E-state index contributed by atoms with van der Waals surface area (Å²) in [6.45, 7) is 48.1. The summed E-state index contributed by atoms with van der Waals surface area (Å²) in [5, 5.41) is 0.